The van der Waals surface area contributed by atoms with Gasteiger partial charge in [0.05, 0.1) is 11.8 Å². The van der Waals surface area contributed by atoms with E-state index in [0.717, 1.165) is 11.6 Å². The molecule has 0 spiro atoms. The molecule has 6 nitrogen and oxygen atoms in total. The molecule has 0 aliphatic carbocycles. The zero-order valence-electron chi connectivity index (χ0n) is 17.5. The van der Waals surface area contributed by atoms with E-state index in [9.17, 15) is 13.2 Å². The monoisotopic (exact) mass is 473 g/mol. The van der Waals surface area contributed by atoms with Crippen molar-refractivity contribution < 1.29 is 17.6 Å². The molecule has 1 atom stereocenters. The van der Waals surface area contributed by atoms with E-state index in [1.54, 1.807) is 19.2 Å². The van der Waals surface area contributed by atoms with E-state index in [1.165, 1.54) is 12.1 Å². The van der Waals surface area contributed by atoms with Crippen LogP contribution in [-0.2, 0) is 12.7 Å². The highest BCUT2D eigenvalue weighted by Crippen LogP contribution is 2.42. The van der Waals surface area contributed by atoms with Crippen molar-refractivity contribution in [2.75, 3.05) is 5.73 Å². The minimum atomic E-state index is -4.52. The molecule has 2 aromatic heterocycles. The number of aryl methyl sites for hydroxylation is 1. The Labute approximate surface area is 192 Å². The first-order chi connectivity index (χ1) is 15.7. The normalized spacial score (nSPS) is 16.1. The Kier molecular flexibility index (Phi) is 5.16. The number of benzene rings is 2. The number of halogens is 4. The molecule has 1 unspecified atom stereocenters. The smallest absolute Gasteiger partial charge is 0.416 e. The Hall–Kier alpha value is -3.33. The van der Waals surface area contributed by atoms with Crippen LogP contribution in [0.5, 0.6) is 0 Å². The molecule has 0 saturated carbocycles. The van der Waals surface area contributed by atoms with Crippen LogP contribution >= 0.6 is 11.6 Å². The summed E-state index contributed by atoms with van der Waals surface area (Å²) in [6.07, 6.45) is -1.69. The summed E-state index contributed by atoms with van der Waals surface area (Å²) in [5, 5.41) is 8.65. The van der Waals surface area contributed by atoms with Crippen molar-refractivity contribution in [1.29, 1.82) is 0 Å². The Balaban J connectivity index is 1.55. The SMILES string of the molecule is Cc1ncc(-c2ccc(-c3nnc4n3CCCC4c3ccc(Cl)cc3C(F)(F)F)cc2N)o1. The molecule has 0 amide bonds. The van der Waals surface area contributed by atoms with Gasteiger partial charge in [-0.1, -0.05) is 23.7 Å². The second kappa shape index (κ2) is 7.91. The number of oxazole rings is 1. The lowest BCUT2D eigenvalue weighted by Gasteiger charge is -2.26. The topological polar surface area (TPSA) is 82.8 Å². The molecule has 33 heavy (non-hydrogen) atoms. The van der Waals surface area contributed by atoms with Gasteiger partial charge in [0.1, 0.15) is 5.82 Å². The highest BCUT2D eigenvalue weighted by atomic mass is 35.5. The van der Waals surface area contributed by atoms with Crippen molar-refractivity contribution in [2.45, 2.75) is 38.4 Å². The van der Waals surface area contributed by atoms with Crippen molar-refractivity contribution in [3.63, 3.8) is 0 Å². The van der Waals surface area contributed by atoms with Gasteiger partial charge in [0, 0.05) is 41.2 Å². The molecule has 3 heterocycles. The Morgan fingerprint density at radius 2 is 1.97 bits per heavy atom. The van der Waals surface area contributed by atoms with Crippen LogP contribution in [0.4, 0.5) is 18.9 Å². The average Bonchev–Trinajstić information content (AvgIpc) is 3.39. The minimum absolute atomic E-state index is 0.0431. The van der Waals surface area contributed by atoms with Crippen molar-refractivity contribution in [2.24, 2.45) is 0 Å². The van der Waals surface area contributed by atoms with Crippen LogP contribution in [0.2, 0.25) is 5.02 Å². The number of aromatic nitrogens is 4. The van der Waals surface area contributed by atoms with E-state index in [-0.39, 0.29) is 10.6 Å². The van der Waals surface area contributed by atoms with Gasteiger partial charge in [-0.05, 0) is 42.7 Å². The molecule has 2 N–H and O–H groups in total. The number of nitrogen functional groups attached to an aromatic ring is 1. The largest absolute Gasteiger partial charge is 0.441 e. The van der Waals surface area contributed by atoms with Crippen LogP contribution in [0.25, 0.3) is 22.7 Å². The van der Waals surface area contributed by atoms with Gasteiger partial charge in [-0.25, -0.2) is 4.98 Å². The van der Waals surface area contributed by atoms with Crippen LogP contribution in [-0.4, -0.2) is 19.7 Å². The van der Waals surface area contributed by atoms with E-state index in [1.807, 2.05) is 16.7 Å². The summed E-state index contributed by atoms with van der Waals surface area (Å²) in [6, 6.07) is 9.30. The molecular formula is C23H19ClF3N5O. The van der Waals surface area contributed by atoms with Gasteiger partial charge in [0.2, 0.25) is 0 Å². The molecule has 5 rings (SSSR count). The lowest BCUT2D eigenvalue weighted by atomic mass is 9.87. The maximum Gasteiger partial charge on any atom is 0.416 e. The molecule has 0 fully saturated rings. The lowest BCUT2D eigenvalue weighted by Crippen LogP contribution is -2.21. The lowest BCUT2D eigenvalue weighted by molar-refractivity contribution is -0.138. The summed E-state index contributed by atoms with van der Waals surface area (Å²) in [6.45, 7) is 2.35. The van der Waals surface area contributed by atoms with Gasteiger partial charge in [0.25, 0.3) is 0 Å². The number of nitrogens with zero attached hydrogens (tertiary/aromatic N) is 4. The number of alkyl halides is 3. The number of hydrogen-bond acceptors (Lipinski definition) is 5. The Morgan fingerprint density at radius 3 is 2.67 bits per heavy atom. The zero-order chi connectivity index (χ0) is 23.3. The standard InChI is InChI=1S/C23H19ClF3N5O/c1-12-29-11-20(33-12)17-6-4-13(9-19(17)28)21-30-31-22-16(3-2-8-32(21)22)15-7-5-14(24)10-18(15)23(25,26)27/h4-7,9-11,16H,2-3,8,28H2,1H3. The highest BCUT2D eigenvalue weighted by Gasteiger charge is 2.38. The van der Waals surface area contributed by atoms with Crippen LogP contribution in [0.3, 0.4) is 0 Å². The molecule has 0 bridgehead atoms. The van der Waals surface area contributed by atoms with Crippen molar-refractivity contribution >= 4 is 17.3 Å². The van der Waals surface area contributed by atoms with Gasteiger partial charge < -0.3 is 14.7 Å². The number of hydrogen-bond donors (Lipinski definition) is 1. The molecule has 170 valence electrons. The van der Waals surface area contributed by atoms with Gasteiger partial charge in [0.15, 0.2) is 17.5 Å². The second-order valence-corrected chi connectivity index (χ2v) is 8.44. The van der Waals surface area contributed by atoms with Crippen LogP contribution < -0.4 is 5.73 Å². The van der Waals surface area contributed by atoms with Crippen molar-refractivity contribution in [1.82, 2.24) is 19.7 Å². The molecular weight excluding hydrogens is 455 g/mol. The minimum Gasteiger partial charge on any atom is -0.441 e. The summed E-state index contributed by atoms with van der Waals surface area (Å²) in [4.78, 5) is 4.09. The fourth-order valence-corrected chi connectivity index (χ4v) is 4.55. The third-order valence-electron chi connectivity index (χ3n) is 5.86. The van der Waals surface area contributed by atoms with Gasteiger partial charge in [-0.2, -0.15) is 13.2 Å². The molecule has 4 aromatic rings. The summed E-state index contributed by atoms with van der Waals surface area (Å²) < 4.78 is 48.6. The Morgan fingerprint density at radius 1 is 1.15 bits per heavy atom. The maximum atomic E-state index is 13.7. The first-order valence-corrected chi connectivity index (χ1v) is 10.7. The number of rotatable bonds is 3. The zero-order valence-corrected chi connectivity index (χ0v) is 18.3. The maximum absolute atomic E-state index is 13.7. The summed E-state index contributed by atoms with van der Waals surface area (Å²) in [5.74, 6) is 1.61. The van der Waals surface area contributed by atoms with Crippen LogP contribution in [0, 0.1) is 6.92 Å². The average molecular weight is 474 g/mol. The number of anilines is 1. The Bertz CT molecular complexity index is 1340. The van der Waals surface area contributed by atoms with Gasteiger partial charge in [-0.15, -0.1) is 10.2 Å². The molecule has 1 aliphatic rings. The quantitative estimate of drug-likeness (QED) is 0.364. The summed E-state index contributed by atoms with van der Waals surface area (Å²) in [5.41, 5.74) is 7.57. The molecule has 0 saturated heterocycles. The molecule has 2 aromatic carbocycles. The third-order valence-corrected chi connectivity index (χ3v) is 6.09. The summed E-state index contributed by atoms with van der Waals surface area (Å²) in [7, 11) is 0. The predicted octanol–water partition coefficient (Wildman–Crippen LogP) is 6.09. The summed E-state index contributed by atoms with van der Waals surface area (Å²) >= 11 is 5.86. The van der Waals surface area contributed by atoms with Crippen molar-refractivity contribution in [3.05, 3.63) is 70.5 Å². The molecule has 10 heteroatoms. The van der Waals surface area contributed by atoms with Crippen LogP contribution in [0.1, 0.15) is 41.6 Å². The predicted molar refractivity (Wildman–Crippen MR) is 118 cm³/mol. The highest BCUT2D eigenvalue weighted by molar-refractivity contribution is 6.30. The van der Waals surface area contributed by atoms with E-state index in [4.69, 9.17) is 21.8 Å². The van der Waals surface area contributed by atoms with Gasteiger partial charge >= 0.3 is 6.18 Å². The third kappa shape index (κ3) is 3.86. The first-order valence-electron chi connectivity index (χ1n) is 10.3. The van der Waals surface area contributed by atoms with E-state index < -0.39 is 17.7 Å². The second-order valence-electron chi connectivity index (χ2n) is 8.00. The van der Waals surface area contributed by atoms with E-state index >= 15 is 0 Å². The van der Waals surface area contributed by atoms with E-state index in [0.29, 0.717) is 53.9 Å². The molecule has 1 aliphatic heterocycles. The fourth-order valence-electron chi connectivity index (χ4n) is 4.37. The van der Waals surface area contributed by atoms with Gasteiger partial charge in [-0.3, -0.25) is 0 Å². The molecule has 0 radical (unpaired) electrons. The number of fused-ring (bicyclic) bond motifs is 1. The number of nitrogens with two attached hydrogens (primary N) is 1. The van der Waals surface area contributed by atoms with Crippen LogP contribution in [0.15, 0.2) is 47.0 Å². The fraction of sp³-hybridized carbons (Fsp3) is 0.261. The van der Waals surface area contributed by atoms with E-state index in [2.05, 4.69) is 15.2 Å². The first kappa shape index (κ1) is 21.5. The van der Waals surface area contributed by atoms with Crippen molar-refractivity contribution in [3.8, 4) is 22.7 Å².